The first-order chi connectivity index (χ1) is 10.0. The molecule has 0 aliphatic heterocycles. The number of nitrogens with zero attached hydrogens (tertiary/aromatic N) is 3. The van der Waals surface area contributed by atoms with E-state index in [1.807, 2.05) is 0 Å². The molecule has 3 rings (SSSR count). The smallest absolute Gasteiger partial charge is 0.291 e. The number of alkyl halides is 2. The van der Waals surface area contributed by atoms with E-state index in [1.54, 1.807) is 22.7 Å². The predicted molar refractivity (Wildman–Crippen MR) is 83.0 cm³/mol. The van der Waals surface area contributed by atoms with Crippen molar-refractivity contribution in [3.05, 3.63) is 33.4 Å². The molecule has 10 heteroatoms. The molecule has 0 fully saturated rings. The van der Waals surface area contributed by atoms with Crippen LogP contribution in [0.4, 0.5) is 8.78 Å². The van der Waals surface area contributed by atoms with Crippen LogP contribution in [-0.4, -0.2) is 14.6 Å². The number of pyridine rings is 1. The van der Waals surface area contributed by atoms with Crippen molar-refractivity contribution >= 4 is 61.7 Å². The second kappa shape index (κ2) is 5.89. The van der Waals surface area contributed by atoms with Crippen molar-refractivity contribution < 1.29 is 8.78 Å². The summed E-state index contributed by atoms with van der Waals surface area (Å²) in [7, 11) is 6.73. The highest BCUT2D eigenvalue weighted by Crippen LogP contribution is 2.38. The van der Waals surface area contributed by atoms with E-state index in [4.69, 9.17) is 33.9 Å². The Bertz CT molecular complexity index is 819. The van der Waals surface area contributed by atoms with E-state index in [9.17, 15) is 8.78 Å². The fourth-order valence-corrected chi connectivity index (χ4v) is 3.84. The van der Waals surface area contributed by atoms with Crippen LogP contribution in [0.2, 0.25) is 10.0 Å². The highest BCUT2D eigenvalue weighted by atomic mass is 35.7. The summed E-state index contributed by atoms with van der Waals surface area (Å²) >= 11 is 13.1. The minimum atomic E-state index is -2.66. The summed E-state index contributed by atoms with van der Waals surface area (Å²) in [4.78, 5) is 0.696. The quantitative estimate of drug-likeness (QED) is 0.557. The van der Waals surface area contributed by atoms with E-state index in [1.165, 1.54) is 0 Å². The molecule has 0 saturated heterocycles. The zero-order valence-corrected chi connectivity index (χ0v) is 13.8. The van der Waals surface area contributed by atoms with Gasteiger partial charge < -0.3 is 4.40 Å². The molecule has 110 valence electrons. The molecule has 0 saturated carbocycles. The molecule has 0 aromatic carbocycles. The molecule has 0 aliphatic carbocycles. The monoisotopic (exact) mass is 385 g/mol. The normalized spacial score (nSPS) is 11.7. The van der Waals surface area contributed by atoms with Gasteiger partial charge in [-0.2, -0.15) is 0 Å². The average Bonchev–Trinajstić information content (AvgIpc) is 3.03. The predicted octanol–water partition coefficient (Wildman–Crippen LogP) is 5.95. The maximum absolute atomic E-state index is 12.6. The van der Waals surface area contributed by atoms with Crippen molar-refractivity contribution in [2.24, 2.45) is 0 Å². The first-order valence-corrected chi connectivity index (χ1v) is 8.63. The van der Waals surface area contributed by atoms with Gasteiger partial charge in [0, 0.05) is 11.1 Å². The molecule has 3 heterocycles. The molecule has 0 atom stereocenters. The van der Waals surface area contributed by atoms with Crippen LogP contribution in [0.1, 0.15) is 11.4 Å². The van der Waals surface area contributed by atoms with Crippen LogP contribution in [0.3, 0.4) is 0 Å². The second-order valence-electron chi connectivity index (χ2n) is 3.94. The van der Waals surface area contributed by atoms with Gasteiger partial charge in [0.1, 0.15) is 0 Å². The van der Waals surface area contributed by atoms with Gasteiger partial charge in [-0.25, -0.2) is 8.78 Å². The number of hydrogen-bond donors (Lipinski definition) is 0. The largest absolute Gasteiger partial charge is 0.310 e. The Morgan fingerprint density at radius 2 is 1.90 bits per heavy atom. The van der Waals surface area contributed by atoms with E-state index in [-0.39, 0.29) is 5.01 Å². The van der Waals surface area contributed by atoms with E-state index in [0.29, 0.717) is 31.2 Å². The Balaban J connectivity index is 2.24. The molecule has 0 spiro atoms. The van der Waals surface area contributed by atoms with Crippen molar-refractivity contribution in [1.29, 1.82) is 0 Å². The molecule has 0 N–H and O–H groups in total. The van der Waals surface area contributed by atoms with Gasteiger partial charge >= 0.3 is 0 Å². The van der Waals surface area contributed by atoms with Crippen LogP contribution in [0, 0.1) is 0 Å². The summed E-state index contributed by atoms with van der Waals surface area (Å²) in [5, 5.41) is 8.05. The van der Waals surface area contributed by atoms with Crippen LogP contribution in [-0.2, 0) is 0 Å². The van der Waals surface area contributed by atoms with Gasteiger partial charge in [0.2, 0.25) is 0 Å². The lowest BCUT2D eigenvalue weighted by Crippen LogP contribution is -1.89. The first kappa shape index (κ1) is 15.3. The van der Waals surface area contributed by atoms with Crippen molar-refractivity contribution in [2.45, 2.75) is 11.3 Å². The number of halogens is 5. The number of hydrogen-bond acceptors (Lipinski definition) is 4. The summed E-state index contributed by atoms with van der Waals surface area (Å²) < 4.78 is 26.9. The number of rotatable bonds is 3. The van der Waals surface area contributed by atoms with E-state index >= 15 is 0 Å². The summed E-state index contributed by atoms with van der Waals surface area (Å²) in [5.41, 5.74) is 1.10. The van der Waals surface area contributed by atoms with Gasteiger partial charge in [0.25, 0.3) is 6.43 Å². The number of aromatic nitrogens is 3. The van der Waals surface area contributed by atoms with Crippen molar-refractivity contribution in [1.82, 2.24) is 14.6 Å². The maximum atomic E-state index is 12.6. The Morgan fingerprint density at radius 3 is 2.52 bits per heavy atom. The summed E-state index contributed by atoms with van der Waals surface area (Å²) in [5.74, 6) is 0. The standard InChI is InChI=1S/C11H4Cl3F2N3S2/c12-5-1-4(21-14)3-19-7(2-6(13)8(5)19)10-17-18-11(20-10)9(15)16/h1-3,9H. The Kier molecular flexibility index (Phi) is 4.29. The van der Waals surface area contributed by atoms with Crippen LogP contribution in [0.15, 0.2) is 23.2 Å². The molecular formula is C11H4Cl3F2N3S2. The third-order valence-electron chi connectivity index (χ3n) is 2.68. The minimum absolute atomic E-state index is 0.333. The van der Waals surface area contributed by atoms with Crippen LogP contribution >= 0.6 is 56.2 Å². The molecule has 0 radical (unpaired) electrons. The summed E-state index contributed by atoms with van der Waals surface area (Å²) in [6.45, 7) is 0. The second-order valence-corrected chi connectivity index (χ2v) is 6.86. The van der Waals surface area contributed by atoms with Gasteiger partial charge in [-0.1, -0.05) is 34.5 Å². The average molecular weight is 387 g/mol. The lowest BCUT2D eigenvalue weighted by Gasteiger charge is -2.04. The highest BCUT2D eigenvalue weighted by Gasteiger charge is 2.19. The topological polar surface area (TPSA) is 30.2 Å². The number of fused-ring (bicyclic) bond motifs is 1. The molecule has 0 bridgehead atoms. The van der Waals surface area contributed by atoms with Gasteiger partial charge in [0.15, 0.2) is 10.0 Å². The van der Waals surface area contributed by atoms with E-state index < -0.39 is 6.43 Å². The molecule has 0 aliphatic rings. The first-order valence-electron chi connectivity index (χ1n) is 5.42. The van der Waals surface area contributed by atoms with Gasteiger partial charge in [-0.15, -0.1) is 10.2 Å². The molecule has 3 aromatic rings. The SMILES string of the molecule is FC(F)c1nnc(-c2cc(Cl)c3c(Cl)cc(SCl)cn23)s1. The molecular weight excluding hydrogens is 383 g/mol. The van der Waals surface area contributed by atoms with Crippen LogP contribution in [0.25, 0.3) is 16.2 Å². The maximum Gasteiger partial charge on any atom is 0.291 e. The third kappa shape index (κ3) is 2.73. The Morgan fingerprint density at radius 1 is 1.19 bits per heavy atom. The fourth-order valence-electron chi connectivity index (χ4n) is 1.85. The molecule has 3 aromatic heterocycles. The van der Waals surface area contributed by atoms with Crippen molar-refractivity contribution in [2.75, 3.05) is 0 Å². The zero-order valence-electron chi connectivity index (χ0n) is 9.86. The molecule has 3 nitrogen and oxygen atoms in total. The summed E-state index contributed by atoms with van der Waals surface area (Å²) in [6, 6.07) is 3.29. The Labute approximate surface area is 140 Å². The van der Waals surface area contributed by atoms with Gasteiger partial charge in [0.05, 0.1) is 21.3 Å². The van der Waals surface area contributed by atoms with E-state index in [0.717, 1.165) is 22.3 Å². The molecule has 0 amide bonds. The highest BCUT2D eigenvalue weighted by molar-refractivity contribution is 8.21. The van der Waals surface area contributed by atoms with Crippen molar-refractivity contribution in [3.8, 4) is 10.7 Å². The van der Waals surface area contributed by atoms with Gasteiger partial charge in [-0.05, 0) is 33.8 Å². The lowest BCUT2D eigenvalue weighted by molar-refractivity contribution is 0.150. The minimum Gasteiger partial charge on any atom is -0.310 e. The third-order valence-corrected chi connectivity index (χ3v) is 5.14. The zero-order chi connectivity index (χ0) is 15.1. The van der Waals surface area contributed by atoms with Crippen LogP contribution in [0.5, 0.6) is 0 Å². The van der Waals surface area contributed by atoms with Crippen LogP contribution < -0.4 is 0 Å². The lowest BCUT2D eigenvalue weighted by atomic mass is 10.4. The summed E-state index contributed by atoms with van der Waals surface area (Å²) in [6.07, 6.45) is -0.945. The van der Waals surface area contributed by atoms with Crippen molar-refractivity contribution in [3.63, 3.8) is 0 Å². The van der Waals surface area contributed by atoms with Gasteiger partial charge in [-0.3, -0.25) is 0 Å². The Hall–Kier alpha value is -0.600. The molecule has 0 unspecified atom stereocenters. The fraction of sp³-hybridized carbons (Fsp3) is 0.0909. The molecule has 21 heavy (non-hydrogen) atoms. The van der Waals surface area contributed by atoms with E-state index in [2.05, 4.69) is 10.2 Å².